The Balaban J connectivity index is 1.70. The van der Waals surface area contributed by atoms with Gasteiger partial charge in [0.25, 0.3) is 0 Å². The van der Waals surface area contributed by atoms with Crippen molar-refractivity contribution in [2.75, 3.05) is 18.4 Å². The molecule has 23 heavy (non-hydrogen) atoms. The molecule has 1 aliphatic rings. The van der Waals surface area contributed by atoms with Gasteiger partial charge < -0.3 is 10.6 Å². The minimum Gasteiger partial charge on any atom is -0.364 e. The number of hydrogen-bond donors (Lipinski definition) is 2. The Kier molecular flexibility index (Phi) is 3.42. The second-order valence-electron chi connectivity index (χ2n) is 5.88. The van der Waals surface area contributed by atoms with Crippen LogP contribution < -0.4 is 10.6 Å². The molecule has 4 rings (SSSR count). The van der Waals surface area contributed by atoms with Crippen molar-refractivity contribution in [1.29, 1.82) is 0 Å². The van der Waals surface area contributed by atoms with Crippen molar-refractivity contribution < 1.29 is 4.39 Å². The predicted octanol–water partition coefficient (Wildman–Crippen LogP) is 1.95. The quantitative estimate of drug-likeness (QED) is 0.774. The van der Waals surface area contributed by atoms with Gasteiger partial charge in [-0.2, -0.15) is 5.10 Å². The molecule has 2 N–H and O–H groups in total. The first kappa shape index (κ1) is 14.1. The van der Waals surface area contributed by atoms with Crippen LogP contribution in [0.15, 0.2) is 36.9 Å². The SMILES string of the molecule is C[C@@H]1CNC[C@@H]1Nc1cncc(-c2cnn3cccc(F)c23)n1. The first-order valence-corrected chi connectivity index (χ1v) is 7.64. The number of rotatable bonds is 3. The summed E-state index contributed by atoms with van der Waals surface area (Å²) in [6.07, 6.45) is 6.65. The molecule has 7 heteroatoms. The Labute approximate surface area is 132 Å². The molecule has 0 aromatic carbocycles. The third kappa shape index (κ3) is 2.53. The summed E-state index contributed by atoms with van der Waals surface area (Å²) in [4.78, 5) is 8.82. The molecule has 0 unspecified atom stereocenters. The number of hydrogen-bond acceptors (Lipinski definition) is 5. The molecular formula is C16H17FN6. The minimum absolute atomic E-state index is 0.320. The first-order chi connectivity index (χ1) is 11.2. The third-order valence-electron chi connectivity index (χ3n) is 4.25. The fraction of sp³-hybridized carbons (Fsp3) is 0.312. The largest absolute Gasteiger partial charge is 0.364 e. The third-order valence-corrected chi connectivity index (χ3v) is 4.25. The summed E-state index contributed by atoms with van der Waals surface area (Å²) in [6, 6.07) is 3.36. The number of pyridine rings is 1. The zero-order valence-corrected chi connectivity index (χ0v) is 12.7. The van der Waals surface area contributed by atoms with Crippen LogP contribution in [-0.4, -0.2) is 38.7 Å². The van der Waals surface area contributed by atoms with E-state index in [1.807, 2.05) is 0 Å². The van der Waals surface area contributed by atoms with Crippen LogP contribution >= 0.6 is 0 Å². The second-order valence-corrected chi connectivity index (χ2v) is 5.88. The summed E-state index contributed by atoms with van der Waals surface area (Å²) in [6.45, 7) is 4.08. The lowest BCUT2D eigenvalue weighted by Crippen LogP contribution is -2.27. The van der Waals surface area contributed by atoms with Crippen LogP contribution in [0.5, 0.6) is 0 Å². The van der Waals surface area contributed by atoms with E-state index in [4.69, 9.17) is 0 Å². The van der Waals surface area contributed by atoms with Crippen molar-refractivity contribution in [3.63, 3.8) is 0 Å². The lowest BCUT2D eigenvalue weighted by atomic mass is 10.1. The van der Waals surface area contributed by atoms with Crippen molar-refractivity contribution >= 4 is 11.3 Å². The zero-order chi connectivity index (χ0) is 15.8. The smallest absolute Gasteiger partial charge is 0.149 e. The van der Waals surface area contributed by atoms with Crippen LogP contribution in [0.2, 0.25) is 0 Å². The van der Waals surface area contributed by atoms with Crippen LogP contribution in [0, 0.1) is 11.7 Å². The topological polar surface area (TPSA) is 67.1 Å². The van der Waals surface area contributed by atoms with E-state index >= 15 is 0 Å². The number of fused-ring (bicyclic) bond motifs is 1. The standard InChI is InChI=1S/C16H17FN6/c1-10-5-18-7-13(10)21-15-9-19-8-14(22-15)11-6-20-23-4-2-3-12(17)16(11)23/h2-4,6,8-10,13,18H,5,7H2,1H3,(H,21,22)/t10-,13+/m1/s1. The Morgan fingerprint density at radius 3 is 3.04 bits per heavy atom. The molecule has 4 heterocycles. The normalized spacial score (nSPS) is 21.0. The van der Waals surface area contributed by atoms with Gasteiger partial charge in [0.15, 0.2) is 0 Å². The second kappa shape index (κ2) is 5.58. The van der Waals surface area contributed by atoms with Gasteiger partial charge in [0.2, 0.25) is 0 Å². The molecule has 2 atom stereocenters. The molecule has 1 fully saturated rings. The summed E-state index contributed by atoms with van der Waals surface area (Å²) in [7, 11) is 0. The van der Waals surface area contributed by atoms with E-state index in [9.17, 15) is 4.39 Å². The van der Waals surface area contributed by atoms with Gasteiger partial charge in [-0.3, -0.25) is 4.98 Å². The molecule has 1 saturated heterocycles. The van der Waals surface area contributed by atoms with Crippen molar-refractivity contribution in [2.45, 2.75) is 13.0 Å². The molecule has 0 aliphatic carbocycles. The highest BCUT2D eigenvalue weighted by molar-refractivity contribution is 5.78. The number of nitrogens with one attached hydrogen (secondary N) is 2. The average molecular weight is 312 g/mol. The maximum atomic E-state index is 14.1. The molecule has 3 aromatic heterocycles. The van der Waals surface area contributed by atoms with Crippen LogP contribution in [0.4, 0.5) is 10.2 Å². The van der Waals surface area contributed by atoms with Crippen molar-refractivity contribution in [3.8, 4) is 11.3 Å². The fourth-order valence-corrected chi connectivity index (χ4v) is 2.95. The van der Waals surface area contributed by atoms with Gasteiger partial charge in [-0.05, 0) is 24.6 Å². The molecular weight excluding hydrogens is 295 g/mol. The lowest BCUT2D eigenvalue weighted by molar-refractivity contribution is 0.593. The Hall–Kier alpha value is -2.54. The Bertz CT molecular complexity index is 845. The maximum Gasteiger partial charge on any atom is 0.149 e. The van der Waals surface area contributed by atoms with Crippen molar-refractivity contribution in [1.82, 2.24) is 24.9 Å². The van der Waals surface area contributed by atoms with E-state index in [1.165, 1.54) is 10.6 Å². The minimum atomic E-state index is -0.325. The number of aromatic nitrogens is 4. The highest BCUT2D eigenvalue weighted by Gasteiger charge is 2.23. The van der Waals surface area contributed by atoms with Gasteiger partial charge in [-0.25, -0.2) is 13.9 Å². The van der Waals surface area contributed by atoms with E-state index < -0.39 is 0 Å². The van der Waals surface area contributed by atoms with E-state index in [0.717, 1.165) is 13.1 Å². The molecule has 1 aliphatic heterocycles. The van der Waals surface area contributed by atoms with E-state index in [1.54, 1.807) is 30.9 Å². The van der Waals surface area contributed by atoms with Gasteiger partial charge in [0.1, 0.15) is 17.2 Å². The van der Waals surface area contributed by atoms with Gasteiger partial charge in [-0.1, -0.05) is 6.92 Å². The Morgan fingerprint density at radius 1 is 1.30 bits per heavy atom. The lowest BCUT2D eigenvalue weighted by Gasteiger charge is -2.16. The molecule has 0 spiro atoms. The highest BCUT2D eigenvalue weighted by Crippen LogP contribution is 2.25. The van der Waals surface area contributed by atoms with Gasteiger partial charge in [-0.15, -0.1) is 0 Å². The van der Waals surface area contributed by atoms with Crippen LogP contribution in [-0.2, 0) is 0 Å². The molecule has 0 radical (unpaired) electrons. The van der Waals surface area contributed by atoms with E-state index in [0.29, 0.717) is 34.6 Å². The number of anilines is 1. The molecule has 0 bridgehead atoms. The number of nitrogens with zero attached hydrogens (tertiary/aromatic N) is 4. The first-order valence-electron chi connectivity index (χ1n) is 7.64. The molecule has 0 saturated carbocycles. The predicted molar refractivity (Wildman–Crippen MR) is 85.6 cm³/mol. The number of halogens is 1. The summed E-state index contributed by atoms with van der Waals surface area (Å²) >= 11 is 0. The summed E-state index contributed by atoms with van der Waals surface area (Å²) < 4.78 is 15.6. The monoisotopic (exact) mass is 312 g/mol. The fourth-order valence-electron chi connectivity index (χ4n) is 2.95. The summed E-state index contributed by atoms with van der Waals surface area (Å²) in [5.74, 6) is 0.891. The maximum absolute atomic E-state index is 14.1. The molecule has 3 aromatic rings. The summed E-state index contributed by atoms with van der Waals surface area (Å²) in [5, 5.41) is 10.9. The Morgan fingerprint density at radius 2 is 2.22 bits per heavy atom. The van der Waals surface area contributed by atoms with Crippen LogP contribution in [0.3, 0.4) is 0 Å². The highest BCUT2D eigenvalue weighted by atomic mass is 19.1. The molecule has 6 nitrogen and oxygen atoms in total. The van der Waals surface area contributed by atoms with Crippen molar-refractivity contribution in [3.05, 3.63) is 42.7 Å². The van der Waals surface area contributed by atoms with E-state index in [2.05, 4.69) is 32.6 Å². The van der Waals surface area contributed by atoms with Crippen LogP contribution in [0.1, 0.15) is 6.92 Å². The zero-order valence-electron chi connectivity index (χ0n) is 12.7. The van der Waals surface area contributed by atoms with Gasteiger partial charge in [0, 0.05) is 18.8 Å². The van der Waals surface area contributed by atoms with Gasteiger partial charge >= 0.3 is 0 Å². The average Bonchev–Trinajstić information content (AvgIpc) is 3.15. The molecule has 118 valence electrons. The van der Waals surface area contributed by atoms with Gasteiger partial charge in [0.05, 0.1) is 29.8 Å². The summed E-state index contributed by atoms with van der Waals surface area (Å²) in [5.41, 5.74) is 1.65. The molecule has 0 amide bonds. The van der Waals surface area contributed by atoms with E-state index in [-0.39, 0.29) is 5.82 Å². The van der Waals surface area contributed by atoms with Crippen molar-refractivity contribution in [2.24, 2.45) is 5.92 Å². The van der Waals surface area contributed by atoms with Crippen LogP contribution in [0.25, 0.3) is 16.8 Å².